The molecule has 0 aliphatic carbocycles. The number of methoxy groups -OCH3 is 1. The number of carboxylic acids is 1. The van der Waals surface area contributed by atoms with Gasteiger partial charge in [0, 0.05) is 6.08 Å². The lowest BCUT2D eigenvalue weighted by Crippen LogP contribution is -2.10. The van der Waals surface area contributed by atoms with Gasteiger partial charge < -0.3 is 15.2 Å². The standard InChI is InChI=1S/C14H15NO4/c1-3-4-5-6-13(16)15-11-9-10(14(17)18)7-8-12(11)19-2/h3-9H,1-2H3,(H,15,16)(H,17,18)/b4-3+,6-5+. The summed E-state index contributed by atoms with van der Waals surface area (Å²) in [7, 11) is 1.45. The summed E-state index contributed by atoms with van der Waals surface area (Å²) in [6.07, 6.45) is 6.43. The Morgan fingerprint density at radius 3 is 2.63 bits per heavy atom. The van der Waals surface area contributed by atoms with Crippen molar-refractivity contribution in [1.29, 1.82) is 0 Å². The first-order chi connectivity index (χ1) is 9.08. The topological polar surface area (TPSA) is 75.6 Å². The number of rotatable bonds is 5. The number of amides is 1. The highest BCUT2D eigenvalue weighted by molar-refractivity contribution is 6.01. The molecule has 0 heterocycles. The van der Waals surface area contributed by atoms with Gasteiger partial charge in [0.15, 0.2) is 0 Å². The Balaban J connectivity index is 2.94. The van der Waals surface area contributed by atoms with Crippen LogP contribution in [-0.4, -0.2) is 24.1 Å². The zero-order valence-electron chi connectivity index (χ0n) is 10.7. The SMILES string of the molecule is C/C=C/C=C/C(=O)Nc1cc(C(=O)O)ccc1OC. The molecule has 1 rings (SSSR count). The van der Waals surface area contributed by atoms with Crippen LogP contribution in [0.25, 0.3) is 0 Å². The summed E-state index contributed by atoms with van der Waals surface area (Å²) in [4.78, 5) is 22.5. The molecule has 0 saturated heterocycles. The molecule has 0 fully saturated rings. The van der Waals surface area contributed by atoms with E-state index in [9.17, 15) is 9.59 Å². The zero-order valence-corrected chi connectivity index (χ0v) is 10.7. The Morgan fingerprint density at radius 1 is 1.32 bits per heavy atom. The first-order valence-corrected chi connectivity index (χ1v) is 5.60. The molecule has 1 amide bonds. The maximum Gasteiger partial charge on any atom is 0.335 e. The van der Waals surface area contributed by atoms with Crippen LogP contribution in [0, 0.1) is 0 Å². The van der Waals surface area contributed by atoms with Gasteiger partial charge >= 0.3 is 5.97 Å². The minimum Gasteiger partial charge on any atom is -0.495 e. The quantitative estimate of drug-likeness (QED) is 0.630. The summed E-state index contributed by atoms with van der Waals surface area (Å²) in [5.41, 5.74) is 0.395. The molecule has 0 radical (unpaired) electrons. The van der Waals surface area contributed by atoms with Crippen LogP contribution in [-0.2, 0) is 4.79 Å². The molecule has 100 valence electrons. The lowest BCUT2D eigenvalue weighted by atomic mass is 10.2. The molecule has 0 aliphatic rings. The number of hydrogen-bond acceptors (Lipinski definition) is 3. The normalized spacial score (nSPS) is 10.8. The van der Waals surface area contributed by atoms with E-state index in [0.29, 0.717) is 11.4 Å². The molecule has 0 bridgehead atoms. The van der Waals surface area contributed by atoms with Crippen LogP contribution in [0.4, 0.5) is 5.69 Å². The van der Waals surface area contributed by atoms with Gasteiger partial charge in [-0.25, -0.2) is 4.79 Å². The molecular weight excluding hydrogens is 246 g/mol. The third-order valence-electron chi connectivity index (χ3n) is 2.26. The van der Waals surface area contributed by atoms with Gasteiger partial charge in [-0.3, -0.25) is 4.79 Å². The van der Waals surface area contributed by atoms with Crippen LogP contribution < -0.4 is 10.1 Å². The van der Waals surface area contributed by atoms with Gasteiger partial charge in [0.05, 0.1) is 18.4 Å². The Labute approximate surface area is 111 Å². The minimum absolute atomic E-state index is 0.0773. The molecule has 0 spiro atoms. The minimum atomic E-state index is -1.07. The molecule has 19 heavy (non-hydrogen) atoms. The maximum absolute atomic E-state index is 11.6. The van der Waals surface area contributed by atoms with E-state index in [1.54, 1.807) is 18.2 Å². The highest BCUT2D eigenvalue weighted by Gasteiger charge is 2.10. The first-order valence-electron chi connectivity index (χ1n) is 5.60. The van der Waals surface area contributed by atoms with E-state index < -0.39 is 5.97 Å². The monoisotopic (exact) mass is 261 g/mol. The van der Waals surface area contributed by atoms with Crippen molar-refractivity contribution in [2.75, 3.05) is 12.4 Å². The number of aromatic carboxylic acids is 1. The van der Waals surface area contributed by atoms with E-state index in [1.165, 1.54) is 31.4 Å². The zero-order chi connectivity index (χ0) is 14.3. The molecule has 0 atom stereocenters. The molecule has 0 aromatic heterocycles. The van der Waals surface area contributed by atoms with Gasteiger partial charge in [-0.2, -0.15) is 0 Å². The number of hydrogen-bond donors (Lipinski definition) is 2. The van der Waals surface area contributed by atoms with Crippen molar-refractivity contribution >= 4 is 17.6 Å². The number of carbonyl (C=O) groups excluding carboxylic acids is 1. The summed E-state index contributed by atoms with van der Waals surface area (Å²) in [5, 5.41) is 11.5. The highest BCUT2D eigenvalue weighted by Crippen LogP contribution is 2.25. The van der Waals surface area contributed by atoms with Crippen molar-refractivity contribution in [2.24, 2.45) is 0 Å². The highest BCUT2D eigenvalue weighted by atomic mass is 16.5. The Kier molecular flexibility index (Phi) is 5.35. The van der Waals surface area contributed by atoms with E-state index in [-0.39, 0.29) is 11.5 Å². The maximum atomic E-state index is 11.6. The third kappa shape index (κ3) is 4.31. The van der Waals surface area contributed by atoms with Crippen LogP contribution in [0.2, 0.25) is 0 Å². The van der Waals surface area contributed by atoms with Crippen molar-refractivity contribution in [3.8, 4) is 5.75 Å². The summed E-state index contributed by atoms with van der Waals surface area (Å²) in [6.45, 7) is 1.83. The molecule has 5 heteroatoms. The van der Waals surface area contributed by atoms with Crippen molar-refractivity contribution in [1.82, 2.24) is 0 Å². The molecule has 0 saturated carbocycles. The van der Waals surface area contributed by atoms with Crippen molar-refractivity contribution in [3.05, 3.63) is 48.1 Å². The van der Waals surface area contributed by atoms with E-state index in [0.717, 1.165) is 0 Å². The van der Waals surface area contributed by atoms with Crippen LogP contribution in [0.3, 0.4) is 0 Å². The van der Waals surface area contributed by atoms with Gasteiger partial charge in [0.1, 0.15) is 5.75 Å². The molecular formula is C14H15NO4. The lowest BCUT2D eigenvalue weighted by molar-refractivity contribution is -0.111. The molecule has 5 nitrogen and oxygen atoms in total. The van der Waals surface area contributed by atoms with Crippen molar-refractivity contribution in [3.63, 3.8) is 0 Å². The predicted octanol–water partition coefficient (Wildman–Crippen LogP) is 2.46. The second-order valence-electron chi connectivity index (χ2n) is 3.59. The number of nitrogens with one attached hydrogen (secondary N) is 1. The molecule has 0 aliphatic heterocycles. The second kappa shape index (κ2) is 7.00. The predicted molar refractivity (Wildman–Crippen MR) is 72.5 cm³/mol. The average molecular weight is 261 g/mol. The molecule has 1 aromatic rings. The molecule has 0 unspecified atom stereocenters. The van der Waals surface area contributed by atoms with E-state index in [1.807, 2.05) is 6.92 Å². The number of carbonyl (C=O) groups is 2. The summed E-state index contributed by atoms with van der Waals surface area (Å²) in [5.74, 6) is -1.03. The third-order valence-corrected chi connectivity index (χ3v) is 2.26. The Morgan fingerprint density at radius 2 is 2.05 bits per heavy atom. The van der Waals surface area contributed by atoms with Gasteiger partial charge in [-0.15, -0.1) is 0 Å². The van der Waals surface area contributed by atoms with Gasteiger partial charge in [0.2, 0.25) is 5.91 Å². The smallest absolute Gasteiger partial charge is 0.335 e. The molecule has 1 aromatic carbocycles. The number of benzene rings is 1. The van der Waals surface area contributed by atoms with Crippen LogP contribution in [0.5, 0.6) is 5.75 Å². The average Bonchev–Trinajstić information content (AvgIpc) is 2.38. The van der Waals surface area contributed by atoms with Crippen LogP contribution in [0.15, 0.2) is 42.5 Å². The fraction of sp³-hybridized carbons (Fsp3) is 0.143. The van der Waals surface area contributed by atoms with Gasteiger partial charge in [-0.1, -0.05) is 18.2 Å². The summed E-state index contributed by atoms with van der Waals surface area (Å²) < 4.78 is 5.06. The van der Waals surface area contributed by atoms with E-state index in [4.69, 9.17) is 9.84 Å². The largest absolute Gasteiger partial charge is 0.495 e. The number of ether oxygens (including phenoxy) is 1. The van der Waals surface area contributed by atoms with Crippen LogP contribution >= 0.6 is 0 Å². The lowest BCUT2D eigenvalue weighted by Gasteiger charge is -2.09. The number of carboxylic acid groups (broad SMARTS) is 1. The molecule has 2 N–H and O–H groups in total. The number of allylic oxidation sites excluding steroid dienone is 3. The van der Waals surface area contributed by atoms with E-state index >= 15 is 0 Å². The van der Waals surface area contributed by atoms with Crippen molar-refractivity contribution < 1.29 is 19.4 Å². The second-order valence-corrected chi connectivity index (χ2v) is 3.59. The van der Waals surface area contributed by atoms with E-state index in [2.05, 4.69) is 5.32 Å². The Hall–Kier alpha value is -2.56. The van der Waals surface area contributed by atoms with Crippen molar-refractivity contribution in [2.45, 2.75) is 6.92 Å². The van der Waals surface area contributed by atoms with Gasteiger partial charge in [0.25, 0.3) is 0 Å². The Bertz CT molecular complexity index is 532. The summed E-state index contributed by atoms with van der Waals surface area (Å²) in [6, 6.07) is 4.25. The van der Waals surface area contributed by atoms with Gasteiger partial charge in [-0.05, 0) is 25.1 Å². The fourth-order valence-corrected chi connectivity index (χ4v) is 1.37. The summed E-state index contributed by atoms with van der Waals surface area (Å²) >= 11 is 0. The van der Waals surface area contributed by atoms with Crippen LogP contribution in [0.1, 0.15) is 17.3 Å². The first kappa shape index (κ1) is 14.5. The number of anilines is 1. The fourth-order valence-electron chi connectivity index (χ4n) is 1.37.